The Morgan fingerprint density at radius 1 is 1.14 bits per heavy atom. The van der Waals surface area contributed by atoms with Crippen molar-refractivity contribution in [2.24, 2.45) is 0 Å². The van der Waals surface area contributed by atoms with Gasteiger partial charge in [0, 0.05) is 21.1 Å². The number of carbonyl (C=O) groups excluding carboxylic acids is 1. The van der Waals surface area contributed by atoms with Crippen LogP contribution in [0, 0.1) is 3.57 Å². The summed E-state index contributed by atoms with van der Waals surface area (Å²) in [5.41, 5.74) is 2.70. The molecule has 1 amide bonds. The Hall–Kier alpha value is -1.82. The maximum Gasteiger partial charge on any atom is 0.251 e. The van der Waals surface area contributed by atoms with Crippen molar-refractivity contribution >= 4 is 39.5 Å². The van der Waals surface area contributed by atoms with Crippen LogP contribution in [0.3, 0.4) is 0 Å². The zero-order valence-corrected chi connectivity index (χ0v) is 13.5. The number of hydrogen-bond acceptors (Lipinski definition) is 2. The van der Waals surface area contributed by atoms with E-state index in [2.05, 4.69) is 34.0 Å². The minimum Gasteiger partial charge on any atom is -0.464 e. The molecule has 0 aliphatic rings. The lowest BCUT2D eigenvalue weighted by molar-refractivity contribution is 0.0954. The Balaban J connectivity index is 1.65. The average molecular weight is 391 g/mol. The first-order valence-electron chi connectivity index (χ1n) is 6.73. The third kappa shape index (κ3) is 3.26. The molecule has 0 bridgehead atoms. The van der Waals surface area contributed by atoms with Crippen LogP contribution >= 0.6 is 22.6 Å². The van der Waals surface area contributed by atoms with Gasteiger partial charge in [-0.25, -0.2) is 0 Å². The largest absolute Gasteiger partial charge is 0.464 e. The van der Waals surface area contributed by atoms with Crippen molar-refractivity contribution in [3.63, 3.8) is 0 Å². The zero-order chi connectivity index (χ0) is 14.7. The van der Waals surface area contributed by atoms with Crippen LogP contribution < -0.4 is 5.32 Å². The molecule has 0 saturated heterocycles. The topological polar surface area (TPSA) is 42.2 Å². The lowest BCUT2D eigenvalue weighted by Gasteiger charge is -2.04. The molecular weight excluding hydrogens is 377 g/mol. The van der Waals surface area contributed by atoms with Gasteiger partial charge in [-0.05, 0) is 64.9 Å². The second-order valence-corrected chi connectivity index (χ2v) is 6.02. The van der Waals surface area contributed by atoms with Crippen molar-refractivity contribution in [1.82, 2.24) is 5.32 Å². The monoisotopic (exact) mass is 391 g/mol. The van der Waals surface area contributed by atoms with E-state index >= 15 is 0 Å². The maximum absolute atomic E-state index is 12.0. The normalized spacial score (nSPS) is 10.7. The van der Waals surface area contributed by atoms with Crippen LogP contribution in [0.1, 0.15) is 15.9 Å². The van der Waals surface area contributed by atoms with E-state index < -0.39 is 0 Å². The summed E-state index contributed by atoms with van der Waals surface area (Å²) in [5, 5.41) is 4.06. The molecule has 0 unspecified atom stereocenters. The standard InChI is InChI=1S/C17H14INO2/c18-14-6-7-16-15(10-14)13(11-21-16)8-9-19-17(20)12-4-2-1-3-5-12/h1-7,10-11H,8-9H2,(H,19,20). The molecule has 0 saturated carbocycles. The molecule has 106 valence electrons. The number of fused-ring (bicyclic) bond motifs is 1. The molecule has 3 aromatic rings. The first kappa shape index (κ1) is 14.1. The predicted molar refractivity (Wildman–Crippen MR) is 91.4 cm³/mol. The second-order valence-electron chi connectivity index (χ2n) is 4.77. The highest BCUT2D eigenvalue weighted by Gasteiger charge is 2.08. The minimum atomic E-state index is -0.0435. The summed E-state index contributed by atoms with van der Waals surface area (Å²) < 4.78 is 6.71. The molecule has 0 spiro atoms. The van der Waals surface area contributed by atoms with E-state index in [1.165, 1.54) is 3.57 Å². The number of amides is 1. The highest BCUT2D eigenvalue weighted by atomic mass is 127. The summed E-state index contributed by atoms with van der Waals surface area (Å²) in [6.07, 6.45) is 2.53. The molecule has 0 fully saturated rings. The molecule has 0 atom stereocenters. The quantitative estimate of drug-likeness (QED) is 0.683. The summed E-state index contributed by atoms with van der Waals surface area (Å²) >= 11 is 2.29. The smallest absolute Gasteiger partial charge is 0.251 e. The molecule has 1 aromatic heterocycles. The van der Waals surface area contributed by atoms with E-state index in [0.717, 1.165) is 23.0 Å². The van der Waals surface area contributed by atoms with Gasteiger partial charge in [-0.1, -0.05) is 18.2 Å². The fraction of sp³-hybridized carbons (Fsp3) is 0.118. The summed E-state index contributed by atoms with van der Waals surface area (Å²) in [6, 6.07) is 15.3. The first-order chi connectivity index (χ1) is 10.2. The van der Waals surface area contributed by atoms with Gasteiger partial charge in [-0.15, -0.1) is 0 Å². The molecule has 0 aliphatic heterocycles. The SMILES string of the molecule is O=C(NCCc1coc2ccc(I)cc12)c1ccccc1. The maximum atomic E-state index is 12.0. The Labute approximate surface area is 136 Å². The Kier molecular flexibility index (Phi) is 4.24. The van der Waals surface area contributed by atoms with Gasteiger partial charge in [0.15, 0.2) is 0 Å². The third-order valence-electron chi connectivity index (χ3n) is 3.33. The van der Waals surface area contributed by atoms with E-state index in [9.17, 15) is 4.79 Å². The van der Waals surface area contributed by atoms with Crippen molar-refractivity contribution in [3.8, 4) is 0 Å². The van der Waals surface area contributed by atoms with Gasteiger partial charge in [0.2, 0.25) is 0 Å². The summed E-state index contributed by atoms with van der Waals surface area (Å²) in [4.78, 5) is 12.0. The van der Waals surface area contributed by atoms with Gasteiger partial charge >= 0.3 is 0 Å². The van der Waals surface area contributed by atoms with Gasteiger partial charge in [-0.3, -0.25) is 4.79 Å². The lowest BCUT2D eigenvalue weighted by Crippen LogP contribution is -2.25. The fourth-order valence-electron chi connectivity index (χ4n) is 2.25. The van der Waals surface area contributed by atoms with Crippen molar-refractivity contribution in [2.75, 3.05) is 6.54 Å². The van der Waals surface area contributed by atoms with Crippen LogP contribution in [0.4, 0.5) is 0 Å². The fourth-order valence-corrected chi connectivity index (χ4v) is 2.74. The Morgan fingerprint density at radius 2 is 1.95 bits per heavy atom. The molecule has 21 heavy (non-hydrogen) atoms. The molecule has 4 heteroatoms. The van der Waals surface area contributed by atoms with Crippen LogP contribution in [-0.2, 0) is 6.42 Å². The van der Waals surface area contributed by atoms with Crippen LogP contribution in [-0.4, -0.2) is 12.5 Å². The van der Waals surface area contributed by atoms with Crippen LogP contribution in [0.5, 0.6) is 0 Å². The number of hydrogen-bond donors (Lipinski definition) is 1. The van der Waals surface area contributed by atoms with E-state index in [0.29, 0.717) is 12.1 Å². The van der Waals surface area contributed by atoms with Crippen molar-refractivity contribution in [3.05, 3.63) is 69.5 Å². The van der Waals surface area contributed by atoms with Gasteiger partial charge in [0.05, 0.1) is 6.26 Å². The van der Waals surface area contributed by atoms with Crippen LogP contribution in [0.2, 0.25) is 0 Å². The number of furan rings is 1. The van der Waals surface area contributed by atoms with Crippen molar-refractivity contribution in [1.29, 1.82) is 0 Å². The van der Waals surface area contributed by atoms with E-state index in [1.807, 2.05) is 42.5 Å². The summed E-state index contributed by atoms with van der Waals surface area (Å²) in [5.74, 6) is -0.0435. The molecule has 1 N–H and O–H groups in total. The number of nitrogens with one attached hydrogen (secondary N) is 1. The van der Waals surface area contributed by atoms with E-state index in [1.54, 1.807) is 6.26 Å². The number of carbonyl (C=O) groups is 1. The highest BCUT2D eigenvalue weighted by molar-refractivity contribution is 14.1. The molecule has 1 heterocycles. The summed E-state index contributed by atoms with van der Waals surface area (Å²) in [7, 11) is 0. The van der Waals surface area contributed by atoms with Crippen LogP contribution in [0.15, 0.2) is 59.2 Å². The molecular formula is C17H14INO2. The molecule has 3 rings (SSSR count). The van der Waals surface area contributed by atoms with Gasteiger partial charge in [0.1, 0.15) is 5.58 Å². The second kappa shape index (κ2) is 6.30. The molecule has 0 radical (unpaired) electrons. The predicted octanol–water partition coefficient (Wildman–Crippen LogP) is 4.01. The van der Waals surface area contributed by atoms with Gasteiger partial charge in [-0.2, -0.15) is 0 Å². The summed E-state index contributed by atoms with van der Waals surface area (Å²) in [6.45, 7) is 0.591. The van der Waals surface area contributed by atoms with Gasteiger partial charge in [0.25, 0.3) is 5.91 Å². The Morgan fingerprint density at radius 3 is 2.76 bits per heavy atom. The van der Waals surface area contributed by atoms with E-state index in [4.69, 9.17) is 4.42 Å². The minimum absolute atomic E-state index is 0.0435. The molecule has 2 aromatic carbocycles. The molecule has 0 aliphatic carbocycles. The van der Waals surface area contributed by atoms with Crippen molar-refractivity contribution in [2.45, 2.75) is 6.42 Å². The highest BCUT2D eigenvalue weighted by Crippen LogP contribution is 2.23. The molecule has 3 nitrogen and oxygen atoms in total. The van der Waals surface area contributed by atoms with Crippen molar-refractivity contribution < 1.29 is 9.21 Å². The lowest BCUT2D eigenvalue weighted by atomic mass is 10.1. The number of rotatable bonds is 4. The zero-order valence-electron chi connectivity index (χ0n) is 11.3. The van der Waals surface area contributed by atoms with Crippen LogP contribution in [0.25, 0.3) is 11.0 Å². The van der Waals surface area contributed by atoms with Gasteiger partial charge < -0.3 is 9.73 Å². The third-order valence-corrected chi connectivity index (χ3v) is 4.00. The number of halogens is 1. The number of benzene rings is 2. The first-order valence-corrected chi connectivity index (χ1v) is 7.81. The Bertz CT molecular complexity index is 765. The average Bonchev–Trinajstić information content (AvgIpc) is 2.90. The van der Waals surface area contributed by atoms with E-state index in [-0.39, 0.29) is 5.91 Å².